The van der Waals surface area contributed by atoms with Crippen LogP contribution in [-0.4, -0.2) is 17.6 Å². The Hall–Kier alpha value is -1.49. The molecule has 0 aliphatic carbocycles. The highest BCUT2D eigenvalue weighted by Gasteiger charge is 2.20. The van der Waals surface area contributed by atoms with E-state index in [0.717, 1.165) is 6.07 Å². The predicted octanol–water partition coefficient (Wildman–Crippen LogP) is 1.40. The molecule has 0 radical (unpaired) electrons. The van der Waals surface area contributed by atoms with Crippen LogP contribution in [0.4, 0.5) is 8.78 Å². The fraction of sp³-hybridized carbons (Fsp3) is 0.300. The molecule has 0 bridgehead atoms. The molecule has 0 amide bonds. The van der Waals surface area contributed by atoms with E-state index in [1.54, 1.807) is 0 Å². The quantitative estimate of drug-likeness (QED) is 0.801. The van der Waals surface area contributed by atoms with Crippen molar-refractivity contribution in [3.63, 3.8) is 0 Å². The average molecular weight is 215 g/mol. The van der Waals surface area contributed by atoms with Crippen molar-refractivity contribution in [3.8, 4) is 0 Å². The molecule has 0 aromatic heterocycles. The zero-order valence-electron chi connectivity index (χ0n) is 8.13. The van der Waals surface area contributed by atoms with Crippen LogP contribution in [0.3, 0.4) is 0 Å². The SMILES string of the molecule is Cc1cc(C(CN)C(=O)O)cc(F)c1F. The molecule has 1 aromatic rings. The van der Waals surface area contributed by atoms with Crippen LogP contribution in [0.15, 0.2) is 12.1 Å². The molecule has 1 atom stereocenters. The predicted molar refractivity (Wildman–Crippen MR) is 50.5 cm³/mol. The first-order valence-corrected chi connectivity index (χ1v) is 4.35. The number of carboxylic acid groups (broad SMARTS) is 1. The van der Waals surface area contributed by atoms with Gasteiger partial charge in [-0.05, 0) is 24.1 Å². The highest BCUT2D eigenvalue weighted by atomic mass is 19.2. The van der Waals surface area contributed by atoms with Crippen LogP contribution in [0.1, 0.15) is 17.0 Å². The van der Waals surface area contributed by atoms with Crippen molar-refractivity contribution in [3.05, 3.63) is 34.9 Å². The number of benzene rings is 1. The Balaban J connectivity index is 3.20. The summed E-state index contributed by atoms with van der Waals surface area (Å²) in [5.74, 6) is -4.16. The summed E-state index contributed by atoms with van der Waals surface area (Å²) in [7, 11) is 0. The third kappa shape index (κ3) is 2.30. The van der Waals surface area contributed by atoms with E-state index in [4.69, 9.17) is 10.8 Å². The van der Waals surface area contributed by atoms with E-state index in [0.29, 0.717) is 0 Å². The first-order valence-electron chi connectivity index (χ1n) is 4.35. The van der Waals surface area contributed by atoms with Gasteiger partial charge in [-0.25, -0.2) is 8.78 Å². The summed E-state index contributed by atoms with van der Waals surface area (Å²) < 4.78 is 25.9. The lowest BCUT2D eigenvalue weighted by Gasteiger charge is -2.11. The lowest BCUT2D eigenvalue weighted by molar-refractivity contribution is -0.138. The van der Waals surface area contributed by atoms with Gasteiger partial charge in [-0.3, -0.25) is 4.79 Å². The summed E-state index contributed by atoms with van der Waals surface area (Å²) in [6, 6.07) is 2.16. The Morgan fingerprint density at radius 1 is 1.53 bits per heavy atom. The molecule has 3 N–H and O–H groups in total. The topological polar surface area (TPSA) is 63.3 Å². The van der Waals surface area contributed by atoms with Crippen molar-refractivity contribution in [2.75, 3.05) is 6.54 Å². The highest BCUT2D eigenvalue weighted by Crippen LogP contribution is 2.20. The summed E-state index contributed by atoms with van der Waals surface area (Å²) >= 11 is 0. The fourth-order valence-electron chi connectivity index (χ4n) is 1.33. The minimum Gasteiger partial charge on any atom is -0.481 e. The molecule has 1 aromatic carbocycles. The van der Waals surface area contributed by atoms with E-state index >= 15 is 0 Å². The number of hydrogen-bond acceptors (Lipinski definition) is 2. The van der Waals surface area contributed by atoms with Crippen LogP contribution < -0.4 is 5.73 Å². The van der Waals surface area contributed by atoms with Gasteiger partial charge in [0, 0.05) is 6.54 Å². The maximum atomic E-state index is 13.0. The standard InChI is InChI=1S/C10H11F2NO2/c1-5-2-6(3-8(11)9(5)12)7(4-13)10(14)15/h2-3,7H,4,13H2,1H3,(H,14,15). The number of aryl methyl sites for hydroxylation is 1. The Morgan fingerprint density at radius 3 is 2.53 bits per heavy atom. The zero-order chi connectivity index (χ0) is 11.6. The van der Waals surface area contributed by atoms with Gasteiger partial charge in [0.25, 0.3) is 0 Å². The monoisotopic (exact) mass is 215 g/mol. The summed E-state index contributed by atoms with van der Waals surface area (Å²) in [5.41, 5.74) is 5.50. The molecule has 0 saturated heterocycles. The smallest absolute Gasteiger partial charge is 0.312 e. The van der Waals surface area contributed by atoms with Crippen LogP contribution >= 0.6 is 0 Å². The van der Waals surface area contributed by atoms with Gasteiger partial charge in [-0.2, -0.15) is 0 Å². The first-order chi connectivity index (χ1) is 6.97. The van der Waals surface area contributed by atoms with Crippen molar-refractivity contribution in [1.82, 2.24) is 0 Å². The number of aliphatic carboxylic acids is 1. The molecular formula is C10H11F2NO2. The third-order valence-corrected chi connectivity index (χ3v) is 2.17. The van der Waals surface area contributed by atoms with E-state index in [1.807, 2.05) is 0 Å². The number of hydrogen-bond donors (Lipinski definition) is 2. The number of carbonyl (C=O) groups is 1. The van der Waals surface area contributed by atoms with Gasteiger partial charge in [-0.1, -0.05) is 6.07 Å². The van der Waals surface area contributed by atoms with Crippen LogP contribution in [0.2, 0.25) is 0 Å². The van der Waals surface area contributed by atoms with Gasteiger partial charge in [0.05, 0.1) is 5.92 Å². The molecule has 1 rings (SSSR count). The van der Waals surface area contributed by atoms with E-state index in [9.17, 15) is 13.6 Å². The van der Waals surface area contributed by atoms with Gasteiger partial charge in [0.1, 0.15) is 0 Å². The van der Waals surface area contributed by atoms with Crippen LogP contribution in [0.25, 0.3) is 0 Å². The summed E-state index contributed by atoms with van der Waals surface area (Å²) in [5, 5.41) is 8.78. The first kappa shape index (κ1) is 11.6. The van der Waals surface area contributed by atoms with Gasteiger partial charge in [0.2, 0.25) is 0 Å². The number of carboxylic acids is 1. The zero-order valence-corrected chi connectivity index (χ0v) is 8.13. The fourth-order valence-corrected chi connectivity index (χ4v) is 1.33. The molecule has 82 valence electrons. The average Bonchev–Trinajstić information content (AvgIpc) is 2.14. The van der Waals surface area contributed by atoms with E-state index in [1.165, 1.54) is 13.0 Å². The molecular weight excluding hydrogens is 204 g/mol. The highest BCUT2D eigenvalue weighted by molar-refractivity contribution is 5.76. The van der Waals surface area contributed by atoms with Crippen LogP contribution in [-0.2, 0) is 4.79 Å². The van der Waals surface area contributed by atoms with Crippen molar-refractivity contribution >= 4 is 5.97 Å². The van der Waals surface area contributed by atoms with E-state index < -0.39 is 23.5 Å². The van der Waals surface area contributed by atoms with Gasteiger partial charge in [-0.15, -0.1) is 0 Å². The summed E-state index contributed by atoms with van der Waals surface area (Å²) in [6.45, 7) is 1.22. The maximum Gasteiger partial charge on any atom is 0.312 e. The Labute approximate surface area is 85.5 Å². The molecule has 0 spiro atoms. The second kappa shape index (κ2) is 4.35. The second-order valence-electron chi connectivity index (χ2n) is 3.26. The molecule has 0 heterocycles. The summed E-state index contributed by atoms with van der Waals surface area (Å²) in [6.07, 6.45) is 0. The van der Waals surface area contributed by atoms with Crippen molar-refractivity contribution in [2.45, 2.75) is 12.8 Å². The van der Waals surface area contributed by atoms with E-state index in [-0.39, 0.29) is 17.7 Å². The maximum absolute atomic E-state index is 13.0. The van der Waals surface area contributed by atoms with Gasteiger partial charge in [0.15, 0.2) is 11.6 Å². The third-order valence-electron chi connectivity index (χ3n) is 2.17. The van der Waals surface area contributed by atoms with Gasteiger partial charge >= 0.3 is 5.97 Å². The second-order valence-corrected chi connectivity index (χ2v) is 3.26. The summed E-state index contributed by atoms with van der Waals surface area (Å²) in [4.78, 5) is 10.7. The van der Waals surface area contributed by atoms with Crippen LogP contribution in [0, 0.1) is 18.6 Å². The van der Waals surface area contributed by atoms with Crippen LogP contribution in [0.5, 0.6) is 0 Å². The van der Waals surface area contributed by atoms with Crippen molar-refractivity contribution in [2.24, 2.45) is 5.73 Å². The molecule has 0 fully saturated rings. The molecule has 3 nitrogen and oxygen atoms in total. The minimum absolute atomic E-state index is 0.0738. The molecule has 5 heteroatoms. The Morgan fingerprint density at radius 2 is 2.13 bits per heavy atom. The molecule has 1 unspecified atom stereocenters. The number of nitrogens with two attached hydrogens (primary N) is 1. The van der Waals surface area contributed by atoms with Crippen molar-refractivity contribution in [1.29, 1.82) is 0 Å². The Bertz CT molecular complexity index is 370. The number of rotatable bonds is 3. The largest absolute Gasteiger partial charge is 0.481 e. The molecule has 0 saturated carbocycles. The lowest BCUT2D eigenvalue weighted by Crippen LogP contribution is -2.21. The number of halogens is 2. The van der Waals surface area contributed by atoms with Gasteiger partial charge < -0.3 is 10.8 Å². The minimum atomic E-state index is -1.15. The normalized spacial score (nSPS) is 12.5. The molecule has 0 aliphatic rings. The Kier molecular flexibility index (Phi) is 3.36. The molecule has 15 heavy (non-hydrogen) atoms. The lowest BCUT2D eigenvalue weighted by atomic mass is 9.97. The van der Waals surface area contributed by atoms with Crippen molar-refractivity contribution < 1.29 is 18.7 Å². The van der Waals surface area contributed by atoms with E-state index in [2.05, 4.69) is 0 Å². The molecule has 0 aliphatic heterocycles.